The zero-order chi connectivity index (χ0) is 16.8. The van der Waals surface area contributed by atoms with Crippen LogP contribution in [0.15, 0.2) is 52.9 Å². The first-order valence-corrected chi connectivity index (χ1v) is 7.31. The van der Waals surface area contributed by atoms with Crippen LogP contribution in [0.4, 0.5) is 5.69 Å². The number of furan rings is 1. The summed E-state index contributed by atoms with van der Waals surface area (Å²) in [6.07, 6.45) is 0. The van der Waals surface area contributed by atoms with E-state index in [0.29, 0.717) is 22.8 Å². The van der Waals surface area contributed by atoms with E-state index in [-0.39, 0.29) is 5.76 Å². The first-order valence-electron chi connectivity index (χ1n) is 7.31. The fourth-order valence-corrected chi connectivity index (χ4v) is 1.98. The lowest BCUT2D eigenvalue weighted by Crippen LogP contribution is -1.97. The molecule has 0 aliphatic rings. The molecule has 5 nitrogen and oxygen atoms in total. The van der Waals surface area contributed by atoms with Crippen LogP contribution in [0.2, 0.25) is 0 Å². The predicted molar refractivity (Wildman–Crippen MR) is 89.8 cm³/mol. The van der Waals surface area contributed by atoms with E-state index in [0.717, 1.165) is 5.39 Å². The third-order valence-corrected chi connectivity index (χ3v) is 3.00. The second-order valence-electron chi connectivity index (χ2n) is 4.45. The van der Waals surface area contributed by atoms with Crippen LogP contribution in [-0.4, -0.2) is 13.1 Å². The summed E-state index contributed by atoms with van der Waals surface area (Å²) >= 11 is 0. The van der Waals surface area contributed by atoms with Crippen molar-refractivity contribution < 1.29 is 18.7 Å². The lowest BCUT2D eigenvalue weighted by Gasteiger charge is -2.06. The summed E-state index contributed by atoms with van der Waals surface area (Å²) in [6, 6.07) is 14.1. The summed E-state index contributed by atoms with van der Waals surface area (Å²) in [6.45, 7) is 4.00. The number of carbonyl (C=O) groups is 1. The van der Waals surface area contributed by atoms with E-state index in [1.807, 2.05) is 26.0 Å². The number of rotatable bonds is 3. The summed E-state index contributed by atoms with van der Waals surface area (Å²) in [5, 5.41) is 0.767. The van der Waals surface area contributed by atoms with Crippen LogP contribution in [0.3, 0.4) is 0 Å². The third kappa shape index (κ3) is 3.63. The van der Waals surface area contributed by atoms with Crippen molar-refractivity contribution in [2.24, 2.45) is 0 Å². The van der Waals surface area contributed by atoms with Crippen LogP contribution in [0.25, 0.3) is 11.0 Å². The molecule has 1 aromatic heterocycles. The van der Waals surface area contributed by atoms with Crippen molar-refractivity contribution in [1.29, 1.82) is 0 Å². The van der Waals surface area contributed by atoms with Crippen molar-refractivity contribution in [3.05, 3.63) is 54.3 Å². The van der Waals surface area contributed by atoms with Gasteiger partial charge in [0.1, 0.15) is 5.75 Å². The van der Waals surface area contributed by atoms with E-state index in [1.165, 1.54) is 7.11 Å². The Labute approximate surface area is 134 Å². The molecule has 23 heavy (non-hydrogen) atoms. The van der Waals surface area contributed by atoms with Crippen molar-refractivity contribution in [2.45, 2.75) is 13.8 Å². The number of nitrogens with two attached hydrogens (primary N) is 1. The number of carbonyl (C=O) groups excluding carboxylic acids is 1. The van der Waals surface area contributed by atoms with Gasteiger partial charge in [0.25, 0.3) is 0 Å². The SMILES string of the molecule is CC.COC(=O)c1cc2cccc(Oc3ccc(N)cc3)c2o1. The average molecular weight is 313 g/mol. The van der Waals surface area contributed by atoms with Gasteiger partial charge in [0.05, 0.1) is 7.11 Å². The van der Waals surface area contributed by atoms with Crippen molar-refractivity contribution >= 4 is 22.6 Å². The molecule has 0 saturated carbocycles. The zero-order valence-corrected chi connectivity index (χ0v) is 13.3. The number of methoxy groups -OCH3 is 1. The van der Waals surface area contributed by atoms with Crippen molar-refractivity contribution in [3.63, 3.8) is 0 Å². The fourth-order valence-electron chi connectivity index (χ4n) is 1.98. The number of benzene rings is 2. The number of para-hydroxylation sites is 1. The average Bonchev–Trinajstić information content (AvgIpc) is 3.03. The highest BCUT2D eigenvalue weighted by atomic mass is 16.5. The number of hydrogen-bond donors (Lipinski definition) is 1. The monoisotopic (exact) mass is 313 g/mol. The largest absolute Gasteiger partial charge is 0.463 e. The Kier molecular flexibility index (Phi) is 5.25. The Morgan fingerprint density at radius 1 is 1.09 bits per heavy atom. The maximum atomic E-state index is 11.5. The molecule has 0 aliphatic carbocycles. The fraction of sp³-hybridized carbons (Fsp3) is 0.167. The molecule has 0 saturated heterocycles. The highest BCUT2D eigenvalue weighted by Gasteiger charge is 2.15. The molecule has 0 atom stereocenters. The smallest absolute Gasteiger partial charge is 0.373 e. The molecule has 0 unspecified atom stereocenters. The van der Waals surface area contributed by atoms with Crippen LogP contribution < -0.4 is 10.5 Å². The molecule has 5 heteroatoms. The summed E-state index contributed by atoms with van der Waals surface area (Å²) < 4.78 is 15.9. The second-order valence-corrected chi connectivity index (χ2v) is 4.45. The molecule has 0 radical (unpaired) electrons. The zero-order valence-electron chi connectivity index (χ0n) is 13.3. The summed E-state index contributed by atoms with van der Waals surface area (Å²) in [5.74, 6) is 0.769. The molecule has 1 heterocycles. The van der Waals surface area contributed by atoms with E-state index >= 15 is 0 Å². The minimum atomic E-state index is -0.523. The minimum absolute atomic E-state index is 0.140. The van der Waals surface area contributed by atoms with Gasteiger partial charge in [-0.15, -0.1) is 0 Å². The molecule has 3 aromatic rings. The van der Waals surface area contributed by atoms with Gasteiger partial charge in [-0.1, -0.05) is 26.0 Å². The standard InChI is InChI=1S/C16H13NO4.C2H6/c1-19-16(18)14-9-10-3-2-4-13(15(10)21-14)20-12-7-5-11(17)6-8-12;1-2/h2-9H,17H2,1H3;1-2H3. The van der Waals surface area contributed by atoms with Crippen LogP contribution >= 0.6 is 0 Å². The lowest BCUT2D eigenvalue weighted by atomic mass is 10.2. The molecule has 2 aromatic carbocycles. The number of hydrogen-bond acceptors (Lipinski definition) is 5. The normalized spacial score (nSPS) is 9.87. The van der Waals surface area contributed by atoms with E-state index in [9.17, 15) is 4.79 Å². The second kappa shape index (κ2) is 7.35. The number of nitrogen functional groups attached to an aromatic ring is 1. The maximum Gasteiger partial charge on any atom is 0.373 e. The molecule has 2 N–H and O–H groups in total. The molecule has 0 spiro atoms. The van der Waals surface area contributed by atoms with Gasteiger partial charge in [-0.25, -0.2) is 4.79 Å². The van der Waals surface area contributed by atoms with Gasteiger partial charge in [0.15, 0.2) is 11.3 Å². The molecule has 0 aliphatic heterocycles. The minimum Gasteiger partial charge on any atom is -0.463 e. The molecule has 120 valence electrons. The van der Waals surface area contributed by atoms with Crippen LogP contribution in [-0.2, 0) is 4.74 Å². The molecule has 0 fully saturated rings. The predicted octanol–water partition coefficient (Wildman–Crippen LogP) is 4.62. The van der Waals surface area contributed by atoms with E-state index in [1.54, 1.807) is 36.4 Å². The van der Waals surface area contributed by atoms with Crippen molar-refractivity contribution in [2.75, 3.05) is 12.8 Å². The van der Waals surface area contributed by atoms with E-state index < -0.39 is 5.97 Å². The number of ether oxygens (including phenoxy) is 2. The number of esters is 1. The number of fused-ring (bicyclic) bond motifs is 1. The lowest BCUT2D eigenvalue weighted by molar-refractivity contribution is 0.0567. The highest BCUT2D eigenvalue weighted by molar-refractivity contribution is 5.94. The van der Waals surface area contributed by atoms with Gasteiger partial charge in [-0.2, -0.15) is 0 Å². The quantitative estimate of drug-likeness (QED) is 0.564. The molecule has 3 rings (SSSR count). The molecule has 0 bridgehead atoms. The van der Waals surface area contributed by atoms with Crippen LogP contribution in [0, 0.1) is 0 Å². The van der Waals surface area contributed by atoms with Gasteiger partial charge in [-0.3, -0.25) is 0 Å². The van der Waals surface area contributed by atoms with Crippen LogP contribution in [0.1, 0.15) is 24.4 Å². The highest BCUT2D eigenvalue weighted by Crippen LogP contribution is 2.32. The summed E-state index contributed by atoms with van der Waals surface area (Å²) in [5.41, 5.74) is 6.79. The third-order valence-electron chi connectivity index (χ3n) is 3.00. The summed E-state index contributed by atoms with van der Waals surface area (Å²) in [4.78, 5) is 11.5. The van der Waals surface area contributed by atoms with Gasteiger partial charge in [0.2, 0.25) is 5.76 Å². The molecular weight excluding hydrogens is 294 g/mol. The Bertz CT molecular complexity index is 790. The van der Waals surface area contributed by atoms with Gasteiger partial charge < -0.3 is 19.6 Å². The van der Waals surface area contributed by atoms with Gasteiger partial charge >= 0.3 is 5.97 Å². The summed E-state index contributed by atoms with van der Waals surface area (Å²) in [7, 11) is 1.31. The first kappa shape index (κ1) is 16.4. The van der Waals surface area contributed by atoms with Gasteiger partial charge in [0, 0.05) is 11.1 Å². The van der Waals surface area contributed by atoms with Crippen LogP contribution in [0.5, 0.6) is 11.5 Å². The Morgan fingerprint density at radius 3 is 2.43 bits per heavy atom. The maximum absolute atomic E-state index is 11.5. The Morgan fingerprint density at radius 2 is 1.78 bits per heavy atom. The Balaban J connectivity index is 0.000000924. The molecular formula is C18H19NO4. The number of anilines is 1. The van der Waals surface area contributed by atoms with Crippen molar-refractivity contribution in [1.82, 2.24) is 0 Å². The first-order chi connectivity index (χ1) is 11.2. The Hall–Kier alpha value is -2.95. The topological polar surface area (TPSA) is 74.7 Å². The van der Waals surface area contributed by atoms with Crippen molar-refractivity contribution in [3.8, 4) is 11.5 Å². The van der Waals surface area contributed by atoms with Gasteiger partial charge in [-0.05, 0) is 36.4 Å². The molecule has 0 amide bonds. The van der Waals surface area contributed by atoms with E-state index in [4.69, 9.17) is 14.9 Å². The van der Waals surface area contributed by atoms with E-state index in [2.05, 4.69) is 4.74 Å².